The summed E-state index contributed by atoms with van der Waals surface area (Å²) < 4.78 is 1.59. The molecule has 22 heavy (non-hydrogen) atoms. The van der Waals surface area contributed by atoms with Crippen molar-refractivity contribution in [2.45, 2.75) is 6.54 Å². The predicted molar refractivity (Wildman–Crippen MR) is 81.8 cm³/mol. The Morgan fingerprint density at radius 3 is 2.82 bits per heavy atom. The Morgan fingerprint density at radius 1 is 1.05 bits per heavy atom. The third-order valence-corrected chi connectivity index (χ3v) is 3.45. The van der Waals surface area contributed by atoms with Gasteiger partial charge < -0.3 is 0 Å². The Hall–Kier alpha value is -3.22. The van der Waals surface area contributed by atoms with Crippen LogP contribution in [0.15, 0.2) is 52.2 Å². The second-order valence-corrected chi connectivity index (χ2v) is 4.99. The van der Waals surface area contributed by atoms with Gasteiger partial charge in [0.25, 0.3) is 5.56 Å². The van der Waals surface area contributed by atoms with E-state index in [0.717, 1.165) is 16.6 Å². The van der Waals surface area contributed by atoms with Crippen molar-refractivity contribution in [3.05, 3.63) is 69.1 Å². The van der Waals surface area contributed by atoms with E-state index in [1.807, 2.05) is 36.4 Å². The molecule has 0 bridgehead atoms. The van der Waals surface area contributed by atoms with Gasteiger partial charge in [-0.2, -0.15) is 5.10 Å². The van der Waals surface area contributed by atoms with Gasteiger partial charge in [0, 0.05) is 11.6 Å². The van der Waals surface area contributed by atoms with E-state index in [0.29, 0.717) is 11.9 Å². The number of hydrogen-bond donors (Lipinski definition) is 2. The largest absolute Gasteiger partial charge is 0.327 e. The molecule has 2 N–H and O–H groups in total. The van der Waals surface area contributed by atoms with Crippen molar-refractivity contribution < 1.29 is 0 Å². The SMILES string of the molecule is O=c1[nH]c(=O)c2cn(Cc3ccc4ccccc4n3)nc2[nH]1. The molecular weight excluding hydrogens is 282 g/mol. The molecule has 3 aromatic heterocycles. The first-order valence-corrected chi connectivity index (χ1v) is 6.73. The van der Waals surface area contributed by atoms with E-state index >= 15 is 0 Å². The van der Waals surface area contributed by atoms with E-state index in [2.05, 4.69) is 20.1 Å². The van der Waals surface area contributed by atoms with Crippen molar-refractivity contribution in [1.82, 2.24) is 24.7 Å². The number of nitrogens with zero attached hydrogens (tertiary/aromatic N) is 3. The second kappa shape index (κ2) is 4.66. The van der Waals surface area contributed by atoms with Gasteiger partial charge in [0.15, 0.2) is 5.65 Å². The molecule has 0 saturated carbocycles. The summed E-state index contributed by atoms with van der Waals surface area (Å²) in [6.07, 6.45) is 1.60. The van der Waals surface area contributed by atoms with Gasteiger partial charge in [0.2, 0.25) is 0 Å². The van der Waals surface area contributed by atoms with Crippen LogP contribution < -0.4 is 11.2 Å². The van der Waals surface area contributed by atoms with Crippen molar-refractivity contribution in [3.63, 3.8) is 0 Å². The minimum Gasteiger partial charge on any atom is -0.290 e. The molecule has 0 fully saturated rings. The molecule has 0 amide bonds. The number of nitrogens with one attached hydrogen (secondary N) is 2. The first-order valence-electron chi connectivity index (χ1n) is 6.73. The fourth-order valence-electron chi connectivity index (χ4n) is 2.43. The Morgan fingerprint density at radius 2 is 1.91 bits per heavy atom. The quantitative estimate of drug-likeness (QED) is 0.576. The maximum absolute atomic E-state index is 11.7. The maximum atomic E-state index is 11.7. The summed E-state index contributed by atoms with van der Waals surface area (Å²) in [6.45, 7) is 0.418. The zero-order chi connectivity index (χ0) is 15.1. The predicted octanol–water partition coefficient (Wildman–Crippen LogP) is 1.01. The van der Waals surface area contributed by atoms with Crippen LogP contribution in [0.5, 0.6) is 0 Å². The van der Waals surface area contributed by atoms with Crippen molar-refractivity contribution in [1.29, 1.82) is 0 Å². The van der Waals surface area contributed by atoms with Gasteiger partial charge in [0.1, 0.15) is 5.39 Å². The molecule has 0 unspecified atom stereocenters. The molecule has 0 atom stereocenters. The van der Waals surface area contributed by atoms with Gasteiger partial charge in [-0.25, -0.2) is 4.79 Å². The first kappa shape index (κ1) is 12.5. The van der Waals surface area contributed by atoms with E-state index in [9.17, 15) is 9.59 Å². The Labute approximate surface area is 123 Å². The molecule has 4 aromatic rings. The average Bonchev–Trinajstić information content (AvgIpc) is 2.90. The molecule has 108 valence electrons. The Balaban J connectivity index is 1.77. The molecular formula is C15H11N5O2. The molecule has 0 saturated heterocycles. The summed E-state index contributed by atoms with van der Waals surface area (Å²) in [4.78, 5) is 32.2. The number of rotatable bonds is 2. The van der Waals surface area contributed by atoms with E-state index in [1.54, 1.807) is 10.9 Å². The van der Waals surface area contributed by atoms with Crippen molar-refractivity contribution >= 4 is 21.9 Å². The molecule has 0 radical (unpaired) electrons. The van der Waals surface area contributed by atoms with Crippen LogP contribution in [0.3, 0.4) is 0 Å². The zero-order valence-corrected chi connectivity index (χ0v) is 11.4. The highest BCUT2D eigenvalue weighted by Gasteiger charge is 2.07. The van der Waals surface area contributed by atoms with Crippen LogP contribution in [0.1, 0.15) is 5.69 Å². The normalized spacial score (nSPS) is 11.3. The number of H-pyrrole nitrogens is 2. The molecule has 1 aromatic carbocycles. The van der Waals surface area contributed by atoms with Crippen molar-refractivity contribution in [3.8, 4) is 0 Å². The minimum absolute atomic E-state index is 0.273. The van der Waals surface area contributed by atoms with Gasteiger partial charge in [0.05, 0.1) is 17.8 Å². The van der Waals surface area contributed by atoms with E-state index < -0.39 is 11.2 Å². The molecule has 7 heteroatoms. The van der Waals surface area contributed by atoms with Crippen LogP contribution in [0.2, 0.25) is 0 Å². The lowest BCUT2D eigenvalue weighted by molar-refractivity contribution is 0.680. The first-order chi connectivity index (χ1) is 10.7. The summed E-state index contributed by atoms with van der Waals surface area (Å²) in [5.41, 5.74) is 0.992. The van der Waals surface area contributed by atoms with Gasteiger partial charge in [-0.05, 0) is 12.1 Å². The number of aromatic nitrogens is 5. The Kier molecular flexibility index (Phi) is 2.65. The van der Waals surface area contributed by atoms with Crippen molar-refractivity contribution in [2.24, 2.45) is 0 Å². The van der Waals surface area contributed by atoms with Crippen LogP contribution in [-0.2, 0) is 6.54 Å². The van der Waals surface area contributed by atoms with Gasteiger partial charge in [-0.1, -0.05) is 24.3 Å². The third kappa shape index (κ3) is 2.08. The summed E-state index contributed by atoms with van der Waals surface area (Å²) in [5.74, 6) is 0. The summed E-state index contributed by atoms with van der Waals surface area (Å²) >= 11 is 0. The maximum Gasteiger partial charge on any atom is 0.327 e. The molecule has 0 spiro atoms. The third-order valence-electron chi connectivity index (χ3n) is 3.45. The second-order valence-electron chi connectivity index (χ2n) is 4.99. The number of aromatic amines is 2. The molecule has 0 aliphatic rings. The minimum atomic E-state index is -0.563. The van der Waals surface area contributed by atoms with Gasteiger partial charge >= 0.3 is 5.69 Å². The standard InChI is InChI=1S/C15H11N5O2/c21-14-11-8-20(19-13(11)17-15(22)18-14)7-10-6-5-9-3-1-2-4-12(9)16-10/h1-6,8H,7H2,(H2,17,18,19,21,22). The van der Waals surface area contributed by atoms with Gasteiger partial charge in [-0.3, -0.25) is 24.4 Å². The number of para-hydroxylation sites is 1. The monoisotopic (exact) mass is 293 g/mol. The van der Waals surface area contributed by atoms with Crippen LogP contribution in [0.25, 0.3) is 21.9 Å². The number of fused-ring (bicyclic) bond motifs is 2. The number of pyridine rings is 1. The highest BCUT2D eigenvalue weighted by Crippen LogP contribution is 2.13. The smallest absolute Gasteiger partial charge is 0.290 e. The van der Waals surface area contributed by atoms with Crippen molar-refractivity contribution in [2.75, 3.05) is 0 Å². The molecule has 3 heterocycles. The lowest BCUT2D eigenvalue weighted by atomic mass is 10.2. The highest BCUT2D eigenvalue weighted by atomic mass is 16.2. The molecule has 4 rings (SSSR count). The summed E-state index contributed by atoms with van der Waals surface area (Å²) in [6, 6.07) is 11.8. The average molecular weight is 293 g/mol. The van der Waals surface area contributed by atoms with Crippen LogP contribution in [-0.4, -0.2) is 24.7 Å². The Bertz CT molecular complexity index is 1110. The van der Waals surface area contributed by atoms with Crippen LogP contribution in [0.4, 0.5) is 0 Å². The number of hydrogen-bond acceptors (Lipinski definition) is 4. The summed E-state index contributed by atoms with van der Waals surface area (Å²) in [7, 11) is 0. The number of benzene rings is 1. The topological polar surface area (TPSA) is 96.4 Å². The summed E-state index contributed by atoms with van der Waals surface area (Å²) in [5, 5.41) is 5.63. The highest BCUT2D eigenvalue weighted by molar-refractivity contribution is 5.78. The van der Waals surface area contributed by atoms with Crippen LogP contribution in [0, 0.1) is 0 Å². The molecule has 7 nitrogen and oxygen atoms in total. The fourth-order valence-corrected chi connectivity index (χ4v) is 2.43. The molecule has 0 aliphatic carbocycles. The zero-order valence-electron chi connectivity index (χ0n) is 11.4. The van der Waals surface area contributed by atoms with E-state index in [4.69, 9.17) is 0 Å². The molecule has 0 aliphatic heterocycles. The lowest BCUT2D eigenvalue weighted by Crippen LogP contribution is -2.21. The fraction of sp³-hybridized carbons (Fsp3) is 0.0667. The van der Waals surface area contributed by atoms with Gasteiger partial charge in [-0.15, -0.1) is 0 Å². The van der Waals surface area contributed by atoms with E-state index in [1.165, 1.54) is 0 Å². The van der Waals surface area contributed by atoms with E-state index in [-0.39, 0.29) is 5.65 Å². The van der Waals surface area contributed by atoms with Crippen LogP contribution >= 0.6 is 0 Å². The lowest BCUT2D eigenvalue weighted by Gasteiger charge is -2.03.